The normalized spacial score (nSPS) is 15.1. The molecule has 0 saturated heterocycles. The zero-order valence-corrected chi connectivity index (χ0v) is 50.4. The molecule has 0 saturated carbocycles. The van der Waals surface area contributed by atoms with E-state index >= 15 is 0 Å². The number of ketones is 2. The monoisotopic (exact) mass is 1220 g/mol. The Morgan fingerprint density at radius 3 is 1.33 bits per heavy atom. The van der Waals surface area contributed by atoms with Gasteiger partial charge in [0.15, 0.2) is 11.6 Å². The number of alkyl carbamates (subject to hydrolysis) is 2. The Morgan fingerprint density at radius 2 is 0.919 bits per heavy atom. The molecule has 5 aromatic carbocycles. The summed E-state index contributed by atoms with van der Waals surface area (Å²) in [6, 6.07) is 32.6. The van der Waals surface area contributed by atoms with Gasteiger partial charge in [-0.25, -0.2) is 14.4 Å². The van der Waals surface area contributed by atoms with Crippen molar-refractivity contribution in [2.24, 2.45) is 0 Å². The Morgan fingerprint density at radius 1 is 0.523 bits per heavy atom. The number of aliphatic carboxylic acids is 1. The van der Waals surface area contributed by atoms with E-state index < -0.39 is 71.2 Å². The standard InChI is InChI=1S/C35H38Cl2N4O6.C29H35N3O7/c1-35(2,3)47-34(46)38-18-17-28(32(44)39-25-13-14-26(36)27(37)20-25)40-33(45)29-19-23-11-7-8-12-24(23)21-41(29)31(43)16-15-30(42)22-9-5-4-6-10-22;1-29(2,3)39-28(38)30-16-15-22(27(36)37)31-26(35)23-17-20-11-7-8-12-21(20)18-32(23)25(34)14-13-24(33)19-9-5-4-6-10-19/h4-14,20,28-29H,15-19,21H2,1-3H3,(H,38,46)(H,39,44)(H,40,45);4-12,22-23H,13-18H2,1-3H3,(H,30,38)(H,31,35)(H,36,37)/t28-,29-;22-,23?/m00/s1. The van der Waals surface area contributed by atoms with Crippen molar-refractivity contribution in [3.05, 3.63) is 171 Å². The number of amides is 7. The van der Waals surface area contributed by atoms with Crippen LogP contribution in [0.1, 0.15) is 123 Å². The van der Waals surface area contributed by atoms with E-state index in [2.05, 4.69) is 26.6 Å². The Bertz CT molecular complexity index is 3260. The summed E-state index contributed by atoms with van der Waals surface area (Å²) in [5.41, 5.74) is 3.53. The van der Waals surface area contributed by atoms with Gasteiger partial charge in [0.1, 0.15) is 35.4 Å². The molecule has 2 heterocycles. The van der Waals surface area contributed by atoms with E-state index in [9.17, 15) is 53.1 Å². The average molecular weight is 1220 g/mol. The van der Waals surface area contributed by atoms with Gasteiger partial charge in [-0.05, 0) is 94.8 Å². The summed E-state index contributed by atoms with van der Waals surface area (Å²) >= 11 is 12.1. The molecule has 0 bridgehead atoms. The van der Waals surface area contributed by atoms with Crippen molar-refractivity contribution in [1.82, 2.24) is 31.1 Å². The number of nitrogens with one attached hydrogen (secondary N) is 5. The number of rotatable bonds is 21. The van der Waals surface area contributed by atoms with Crippen LogP contribution in [0.15, 0.2) is 127 Å². The Labute approximate surface area is 510 Å². The lowest BCUT2D eigenvalue weighted by Crippen LogP contribution is -2.56. The molecule has 4 atom stereocenters. The summed E-state index contributed by atoms with van der Waals surface area (Å²) in [4.78, 5) is 132. The van der Waals surface area contributed by atoms with Crippen molar-refractivity contribution in [1.29, 1.82) is 0 Å². The van der Waals surface area contributed by atoms with Crippen LogP contribution in [0, 0.1) is 0 Å². The van der Waals surface area contributed by atoms with Gasteiger partial charge in [0.05, 0.1) is 10.0 Å². The van der Waals surface area contributed by atoms with Crippen molar-refractivity contribution >= 4 is 88.1 Å². The first-order chi connectivity index (χ1) is 40.7. The predicted octanol–water partition coefficient (Wildman–Crippen LogP) is 9.04. The molecule has 86 heavy (non-hydrogen) atoms. The molecule has 0 radical (unpaired) electrons. The molecule has 22 heteroatoms. The number of carboxylic acid groups (broad SMARTS) is 1. The first-order valence-corrected chi connectivity index (χ1v) is 28.9. The van der Waals surface area contributed by atoms with Gasteiger partial charge in [-0.2, -0.15) is 0 Å². The highest BCUT2D eigenvalue weighted by Crippen LogP contribution is 2.28. The minimum Gasteiger partial charge on any atom is -0.480 e. The molecule has 0 fully saturated rings. The number of ether oxygens (including phenoxy) is 2. The number of hydrogen-bond donors (Lipinski definition) is 6. The molecule has 2 aliphatic rings. The van der Waals surface area contributed by atoms with E-state index in [1.165, 1.54) is 21.9 Å². The van der Waals surface area contributed by atoms with Crippen LogP contribution in [0.4, 0.5) is 15.3 Å². The summed E-state index contributed by atoms with van der Waals surface area (Å²) in [6.45, 7) is 10.6. The number of carbonyl (C=O) groups excluding carboxylic acids is 9. The molecule has 20 nitrogen and oxygen atoms in total. The van der Waals surface area contributed by atoms with Gasteiger partial charge < -0.3 is 51.0 Å². The maximum absolute atomic E-state index is 13.9. The molecule has 6 N–H and O–H groups in total. The summed E-state index contributed by atoms with van der Waals surface area (Å²) in [7, 11) is 0. The molecule has 0 spiro atoms. The van der Waals surface area contributed by atoms with Gasteiger partial charge in [0, 0.05) is 81.5 Å². The van der Waals surface area contributed by atoms with E-state index in [0.717, 1.165) is 22.3 Å². The van der Waals surface area contributed by atoms with Gasteiger partial charge in [-0.1, -0.05) is 132 Å². The molecule has 0 aromatic heterocycles. The van der Waals surface area contributed by atoms with Crippen molar-refractivity contribution in [2.75, 3.05) is 18.4 Å². The van der Waals surface area contributed by atoms with Gasteiger partial charge in [-0.15, -0.1) is 0 Å². The third-order valence-corrected chi connectivity index (χ3v) is 14.4. The van der Waals surface area contributed by atoms with Crippen molar-refractivity contribution in [3.8, 4) is 0 Å². The molecular weight excluding hydrogens is 1150 g/mol. The lowest BCUT2D eigenvalue weighted by atomic mass is 9.92. The highest BCUT2D eigenvalue weighted by molar-refractivity contribution is 6.42. The minimum absolute atomic E-state index is 0.00635. The van der Waals surface area contributed by atoms with Crippen LogP contribution in [0.3, 0.4) is 0 Å². The van der Waals surface area contributed by atoms with Crippen molar-refractivity contribution in [2.45, 2.75) is 141 Å². The van der Waals surface area contributed by atoms with Crippen LogP contribution in [-0.2, 0) is 64.2 Å². The number of benzene rings is 5. The molecule has 5 aromatic rings. The summed E-state index contributed by atoms with van der Waals surface area (Å²) in [6.07, 6.45) is -1.18. The Balaban J connectivity index is 0.000000280. The fourth-order valence-electron chi connectivity index (χ4n) is 9.43. The van der Waals surface area contributed by atoms with Gasteiger partial charge in [-0.3, -0.25) is 33.6 Å². The minimum atomic E-state index is -1.29. The van der Waals surface area contributed by atoms with E-state index in [0.29, 0.717) is 21.8 Å². The highest BCUT2D eigenvalue weighted by atomic mass is 35.5. The SMILES string of the molecule is CC(C)(C)OC(=O)NCC[C@H](NC(=O)C1Cc2ccccc2CN1C(=O)CCC(=O)c1ccccc1)C(=O)O.CC(C)(C)OC(=O)NCC[C@H](NC(=O)[C@@H]1Cc2ccccc2CN1C(=O)CCC(=O)c1ccccc1)C(=O)Nc1ccc(Cl)c(Cl)c1. The maximum Gasteiger partial charge on any atom is 0.407 e. The molecule has 2 aliphatic heterocycles. The molecule has 1 unspecified atom stereocenters. The Hall–Kier alpha value is -8.62. The van der Waals surface area contributed by atoms with Crippen molar-refractivity contribution in [3.63, 3.8) is 0 Å². The number of fused-ring (bicyclic) bond motifs is 2. The zero-order valence-electron chi connectivity index (χ0n) is 48.9. The summed E-state index contributed by atoms with van der Waals surface area (Å²) < 4.78 is 10.4. The number of carbonyl (C=O) groups is 10. The number of anilines is 1. The predicted molar refractivity (Wildman–Crippen MR) is 323 cm³/mol. The van der Waals surface area contributed by atoms with Crippen LogP contribution in [-0.4, -0.2) is 123 Å². The molecule has 7 amide bonds. The smallest absolute Gasteiger partial charge is 0.407 e. The van der Waals surface area contributed by atoms with Gasteiger partial charge in [0.25, 0.3) is 0 Å². The number of carboxylic acids is 1. The summed E-state index contributed by atoms with van der Waals surface area (Å²) in [5, 5.41) is 23.4. The third-order valence-electron chi connectivity index (χ3n) is 13.7. The molecule has 456 valence electrons. The van der Waals surface area contributed by atoms with Gasteiger partial charge in [0.2, 0.25) is 29.5 Å². The third kappa shape index (κ3) is 20.6. The number of nitrogens with zero attached hydrogens (tertiary/aromatic N) is 2. The second-order valence-corrected chi connectivity index (χ2v) is 23.4. The summed E-state index contributed by atoms with van der Waals surface area (Å²) in [5.74, 6) is -4.06. The Kier molecular flexibility index (Phi) is 24.0. The van der Waals surface area contributed by atoms with E-state index in [1.807, 2.05) is 54.6 Å². The maximum atomic E-state index is 13.9. The second-order valence-electron chi connectivity index (χ2n) is 22.6. The second kappa shape index (κ2) is 31.0. The number of Topliss-reactive ketones (excluding diaryl/α,β-unsaturated/α-hetero) is 2. The molecular formula is C64H73Cl2N7O13. The fraction of sp³-hybridized carbons (Fsp3) is 0.375. The highest BCUT2D eigenvalue weighted by Gasteiger charge is 2.38. The molecule has 7 rings (SSSR count). The lowest BCUT2D eigenvalue weighted by molar-refractivity contribution is -0.145. The van der Waals surface area contributed by atoms with E-state index in [1.54, 1.807) is 102 Å². The van der Waals surface area contributed by atoms with Crippen molar-refractivity contribution < 1.29 is 62.5 Å². The number of hydrogen-bond acceptors (Lipinski definition) is 12. The largest absolute Gasteiger partial charge is 0.480 e. The van der Waals surface area contributed by atoms with Crippen LogP contribution < -0.4 is 26.6 Å². The lowest BCUT2D eigenvalue weighted by Gasteiger charge is -2.37. The quantitative estimate of drug-likeness (QED) is 0.0375. The zero-order chi connectivity index (χ0) is 62.7. The van der Waals surface area contributed by atoms with E-state index in [-0.39, 0.29) is 106 Å². The average Bonchev–Trinajstić information content (AvgIpc) is 2.77. The van der Waals surface area contributed by atoms with Gasteiger partial charge >= 0.3 is 18.2 Å². The van der Waals surface area contributed by atoms with Crippen LogP contribution >= 0.6 is 23.2 Å². The van der Waals surface area contributed by atoms with E-state index in [4.69, 9.17) is 32.7 Å². The molecule has 0 aliphatic carbocycles. The fourth-order valence-corrected chi connectivity index (χ4v) is 9.73. The first kappa shape index (κ1) is 66.5. The topological polar surface area (TPSA) is 276 Å². The van der Waals surface area contributed by atoms with Crippen LogP contribution in [0.2, 0.25) is 10.0 Å². The number of halogens is 2. The van der Waals surface area contributed by atoms with Crippen LogP contribution in [0.25, 0.3) is 0 Å². The first-order valence-electron chi connectivity index (χ1n) is 28.2. The van der Waals surface area contributed by atoms with Crippen LogP contribution in [0.5, 0.6) is 0 Å².